The van der Waals surface area contributed by atoms with Gasteiger partial charge in [-0.05, 0) is 50.2 Å². The Hall–Kier alpha value is -3.94. The zero-order chi connectivity index (χ0) is 23.2. The Bertz CT molecular complexity index is 1280. The van der Waals surface area contributed by atoms with E-state index < -0.39 is 35.1 Å². The van der Waals surface area contributed by atoms with Crippen molar-refractivity contribution in [3.8, 4) is 5.75 Å². The number of ketones is 1. The van der Waals surface area contributed by atoms with E-state index in [2.05, 4.69) is 0 Å². The van der Waals surface area contributed by atoms with Gasteiger partial charge in [-0.3, -0.25) is 14.5 Å². The van der Waals surface area contributed by atoms with Crippen molar-refractivity contribution in [3.63, 3.8) is 0 Å². The fourth-order valence-electron chi connectivity index (χ4n) is 3.76. The van der Waals surface area contributed by atoms with Crippen LogP contribution in [0.1, 0.15) is 28.7 Å². The molecule has 1 aliphatic heterocycles. The van der Waals surface area contributed by atoms with E-state index in [9.17, 15) is 23.5 Å². The van der Waals surface area contributed by atoms with Crippen LogP contribution in [-0.2, 0) is 9.59 Å². The molecule has 2 heterocycles. The van der Waals surface area contributed by atoms with Crippen LogP contribution in [0, 0.1) is 25.5 Å². The predicted molar refractivity (Wildman–Crippen MR) is 112 cm³/mol. The van der Waals surface area contributed by atoms with Gasteiger partial charge >= 0.3 is 0 Å². The number of aryl methyl sites for hydroxylation is 2. The summed E-state index contributed by atoms with van der Waals surface area (Å²) in [4.78, 5) is 27.1. The molecule has 8 heteroatoms. The lowest BCUT2D eigenvalue weighted by Gasteiger charge is -2.23. The average Bonchev–Trinajstić information content (AvgIpc) is 3.30. The van der Waals surface area contributed by atoms with E-state index in [1.807, 2.05) is 0 Å². The number of carbonyl (C=O) groups excluding carboxylic acids is 2. The van der Waals surface area contributed by atoms with Crippen molar-refractivity contribution in [2.45, 2.75) is 19.9 Å². The Labute approximate surface area is 182 Å². The first-order valence-electron chi connectivity index (χ1n) is 9.70. The van der Waals surface area contributed by atoms with Crippen LogP contribution < -0.4 is 9.64 Å². The lowest BCUT2D eigenvalue weighted by Crippen LogP contribution is -2.29. The fourth-order valence-corrected chi connectivity index (χ4v) is 3.76. The van der Waals surface area contributed by atoms with Crippen LogP contribution in [0.4, 0.5) is 14.5 Å². The number of aliphatic hydroxyl groups excluding tert-OH is 1. The number of anilines is 1. The zero-order valence-corrected chi connectivity index (χ0v) is 17.5. The molecule has 0 saturated carbocycles. The minimum atomic E-state index is -1.20. The van der Waals surface area contributed by atoms with E-state index in [4.69, 9.17) is 9.15 Å². The summed E-state index contributed by atoms with van der Waals surface area (Å²) in [6, 6.07) is 9.86. The van der Waals surface area contributed by atoms with Gasteiger partial charge in [0, 0.05) is 11.8 Å². The van der Waals surface area contributed by atoms with Gasteiger partial charge in [-0.2, -0.15) is 0 Å². The maximum absolute atomic E-state index is 14.0. The Morgan fingerprint density at radius 1 is 1.03 bits per heavy atom. The van der Waals surface area contributed by atoms with Crippen LogP contribution in [-0.4, -0.2) is 23.9 Å². The second-order valence-corrected chi connectivity index (χ2v) is 7.42. The van der Waals surface area contributed by atoms with E-state index in [0.29, 0.717) is 11.5 Å². The standard InChI is InChI=1S/C24H19F2NO5/c1-12-4-8-18(31-3)15(10-12)22(28)20-21(19-9-5-13(2)32-19)27(24(30)23(20)29)14-6-7-16(25)17(26)11-14/h4-11,21,28H,1-3H3/b22-20-. The highest BCUT2D eigenvalue weighted by Crippen LogP contribution is 2.44. The van der Waals surface area contributed by atoms with Crippen molar-refractivity contribution in [2.75, 3.05) is 12.0 Å². The number of ether oxygens (including phenoxy) is 1. The van der Waals surface area contributed by atoms with Gasteiger partial charge in [0.15, 0.2) is 11.6 Å². The minimum Gasteiger partial charge on any atom is -0.507 e. The summed E-state index contributed by atoms with van der Waals surface area (Å²) >= 11 is 0. The van der Waals surface area contributed by atoms with Gasteiger partial charge in [0.2, 0.25) is 0 Å². The summed E-state index contributed by atoms with van der Waals surface area (Å²) in [6.45, 7) is 3.47. The van der Waals surface area contributed by atoms with Crippen molar-refractivity contribution >= 4 is 23.1 Å². The number of aliphatic hydroxyl groups is 1. The first-order chi connectivity index (χ1) is 15.2. The Balaban J connectivity index is 1.98. The highest BCUT2D eigenvalue weighted by molar-refractivity contribution is 6.51. The van der Waals surface area contributed by atoms with Crippen LogP contribution in [0.25, 0.3) is 5.76 Å². The van der Waals surface area contributed by atoms with Gasteiger partial charge in [0.05, 0.1) is 18.2 Å². The second kappa shape index (κ2) is 7.96. The Morgan fingerprint density at radius 3 is 2.41 bits per heavy atom. The molecular formula is C24H19F2NO5. The van der Waals surface area contributed by atoms with Gasteiger partial charge in [0.1, 0.15) is 29.1 Å². The molecule has 2 aromatic carbocycles. The number of methoxy groups -OCH3 is 1. The molecule has 1 saturated heterocycles. The third-order valence-electron chi connectivity index (χ3n) is 5.27. The van der Waals surface area contributed by atoms with Crippen molar-refractivity contribution in [1.29, 1.82) is 0 Å². The average molecular weight is 439 g/mol. The molecule has 0 radical (unpaired) electrons. The summed E-state index contributed by atoms with van der Waals surface area (Å²) < 4.78 is 38.4. The van der Waals surface area contributed by atoms with Gasteiger partial charge in [-0.15, -0.1) is 0 Å². The van der Waals surface area contributed by atoms with Crippen LogP contribution in [0.5, 0.6) is 5.75 Å². The van der Waals surface area contributed by atoms with Crippen molar-refractivity contribution in [3.05, 3.63) is 88.4 Å². The predicted octanol–water partition coefficient (Wildman–Crippen LogP) is 4.81. The SMILES string of the molecule is COc1ccc(C)cc1/C(O)=C1/C(=O)C(=O)N(c2ccc(F)c(F)c2)C1c1ccc(C)o1. The normalized spacial score (nSPS) is 17.8. The molecule has 1 aromatic heterocycles. The molecule has 0 aliphatic carbocycles. The Kier molecular flexibility index (Phi) is 5.30. The molecule has 1 amide bonds. The molecule has 3 aromatic rings. The van der Waals surface area contributed by atoms with Gasteiger partial charge < -0.3 is 14.3 Å². The molecule has 1 aliphatic rings. The number of carbonyl (C=O) groups is 2. The monoisotopic (exact) mass is 439 g/mol. The molecule has 0 spiro atoms. The number of hydrogen-bond acceptors (Lipinski definition) is 5. The summed E-state index contributed by atoms with van der Waals surface area (Å²) in [6.07, 6.45) is 0. The van der Waals surface area contributed by atoms with E-state index in [-0.39, 0.29) is 22.6 Å². The number of amides is 1. The molecule has 32 heavy (non-hydrogen) atoms. The van der Waals surface area contributed by atoms with Crippen LogP contribution in [0.15, 0.2) is 58.5 Å². The third kappa shape index (κ3) is 3.43. The number of halogens is 2. The van der Waals surface area contributed by atoms with Crippen molar-refractivity contribution in [1.82, 2.24) is 0 Å². The fraction of sp³-hybridized carbons (Fsp3) is 0.167. The van der Waals surface area contributed by atoms with E-state index in [0.717, 1.165) is 22.6 Å². The van der Waals surface area contributed by atoms with Crippen molar-refractivity contribution < 1.29 is 32.6 Å². The van der Waals surface area contributed by atoms with Gasteiger partial charge in [-0.25, -0.2) is 8.78 Å². The lowest BCUT2D eigenvalue weighted by molar-refractivity contribution is -0.132. The number of nitrogens with zero attached hydrogens (tertiary/aromatic N) is 1. The smallest absolute Gasteiger partial charge is 0.300 e. The maximum atomic E-state index is 14.0. The summed E-state index contributed by atoms with van der Waals surface area (Å²) in [7, 11) is 1.41. The highest BCUT2D eigenvalue weighted by atomic mass is 19.2. The van der Waals surface area contributed by atoms with Gasteiger partial charge in [0.25, 0.3) is 11.7 Å². The molecular weight excluding hydrogens is 420 g/mol. The summed E-state index contributed by atoms with van der Waals surface area (Å²) in [5.74, 6) is -3.77. The van der Waals surface area contributed by atoms with E-state index >= 15 is 0 Å². The van der Waals surface area contributed by atoms with Crippen LogP contribution in [0.2, 0.25) is 0 Å². The number of benzene rings is 2. The first-order valence-corrected chi connectivity index (χ1v) is 9.70. The molecule has 164 valence electrons. The Morgan fingerprint density at radius 2 is 1.78 bits per heavy atom. The number of hydrogen-bond donors (Lipinski definition) is 1. The summed E-state index contributed by atoms with van der Waals surface area (Å²) in [5.41, 5.74) is 0.690. The van der Waals surface area contributed by atoms with Gasteiger partial charge in [-0.1, -0.05) is 11.6 Å². The number of Topliss-reactive ketones (excluding diaryl/α,β-unsaturated/α-hetero) is 1. The summed E-state index contributed by atoms with van der Waals surface area (Å²) in [5, 5.41) is 11.2. The molecule has 1 fully saturated rings. The largest absolute Gasteiger partial charge is 0.507 e. The van der Waals surface area contributed by atoms with E-state index in [1.165, 1.54) is 13.2 Å². The van der Waals surface area contributed by atoms with Crippen LogP contribution >= 0.6 is 0 Å². The molecule has 1 unspecified atom stereocenters. The van der Waals surface area contributed by atoms with E-state index in [1.54, 1.807) is 44.2 Å². The number of rotatable bonds is 4. The second-order valence-electron chi connectivity index (χ2n) is 7.42. The molecule has 6 nitrogen and oxygen atoms in total. The van der Waals surface area contributed by atoms with Crippen LogP contribution in [0.3, 0.4) is 0 Å². The quantitative estimate of drug-likeness (QED) is 0.359. The lowest BCUT2D eigenvalue weighted by atomic mass is 9.97. The topological polar surface area (TPSA) is 80.0 Å². The zero-order valence-electron chi connectivity index (χ0n) is 17.5. The maximum Gasteiger partial charge on any atom is 0.300 e. The molecule has 4 rings (SSSR count). The molecule has 1 atom stereocenters. The first kappa shape index (κ1) is 21.3. The minimum absolute atomic E-state index is 0.0553. The van der Waals surface area contributed by atoms with Crippen molar-refractivity contribution in [2.24, 2.45) is 0 Å². The molecule has 0 bridgehead atoms. The molecule has 1 N–H and O–H groups in total. The highest BCUT2D eigenvalue weighted by Gasteiger charge is 2.48. The number of furan rings is 1. The third-order valence-corrected chi connectivity index (χ3v) is 5.27.